The molecule has 0 aliphatic rings. The summed E-state index contributed by atoms with van der Waals surface area (Å²) in [7, 11) is -4.84. The quantitative estimate of drug-likeness (QED) is 0.163. The van der Waals surface area contributed by atoms with Gasteiger partial charge in [-0.05, 0) is 6.42 Å². The Bertz CT molecular complexity index is 429. The van der Waals surface area contributed by atoms with Crippen molar-refractivity contribution in [3.63, 3.8) is 0 Å². The SMILES string of the molecule is O=C(O)CC(C(=O)O)S(=O)(=O)O.[CH2-]COCCCCCCCCC.[Na+]. The van der Waals surface area contributed by atoms with Crippen molar-refractivity contribution in [3.8, 4) is 0 Å². The zero-order valence-corrected chi connectivity index (χ0v) is 18.0. The van der Waals surface area contributed by atoms with Gasteiger partial charge in [0.05, 0.1) is 6.42 Å². The molecule has 3 N–H and O–H groups in total. The number of ether oxygens (including phenoxy) is 1. The predicted molar refractivity (Wildman–Crippen MR) is 89.4 cm³/mol. The minimum atomic E-state index is -4.84. The van der Waals surface area contributed by atoms with Crippen LogP contribution in [0.5, 0.6) is 0 Å². The van der Waals surface area contributed by atoms with Gasteiger partial charge in [-0.1, -0.05) is 52.1 Å². The standard InChI is InChI=1S/C11H23O.C4H6O7S.Na/c1-3-5-6-7-8-9-10-11-12-4-2;5-3(6)1-2(4(7)8)12(9,10)11;/h2-11H2,1H3;2H,1H2,(H,5,6)(H,7,8)(H,9,10,11);/q-1;;+1. The normalized spacial score (nSPS) is 11.6. The molecule has 0 aliphatic carbocycles. The fourth-order valence-corrected chi connectivity index (χ4v) is 2.35. The molecule has 1 atom stereocenters. The molecular weight excluding hydrogens is 363 g/mol. The van der Waals surface area contributed by atoms with Crippen molar-refractivity contribution >= 4 is 22.1 Å². The number of aliphatic carboxylic acids is 2. The smallest absolute Gasteiger partial charge is 0.481 e. The Labute approximate surface area is 172 Å². The Balaban J connectivity index is -0.000000372. The van der Waals surface area contributed by atoms with Gasteiger partial charge in [-0.2, -0.15) is 8.42 Å². The van der Waals surface area contributed by atoms with Crippen molar-refractivity contribution < 1.29 is 67.1 Å². The minimum Gasteiger partial charge on any atom is -0.481 e. The van der Waals surface area contributed by atoms with Gasteiger partial charge in [-0.3, -0.25) is 14.1 Å². The summed E-state index contributed by atoms with van der Waals surface area (Å²) >= 11 is 0. The third-order valence-corrected chi connectivity index (χ3v) is 4.12. The summed E-state index contributed by atoms with van der Waals surface area (Å²) in [4.78, 5) is 20.0. The van der Waals surface area contributed by atoms with Crippen molar-refractivity contribution in [2.24, 2.45) is 0 Å². The number of unbranched alkanes of at least 4 members (excludes halogenated alkanes) is 6. The van der Waals surface area contributed by atoms with E-state index < -0.39 is 33.7 Å². The first-order chi connectivity index (χ1) is 11.2. The van der Waals surface area contributed by atoms with Crippen LogP contribution in [0.2, 0.25) is 0 Å². The zero-order valence-electron chi connectivity index (χ0n) is 15.1. The Hall–Kier alpha value is -0.190. The minimum absolute atomic E-state index is 0. The molecule has 0 aromatic carbocycles. The molecule has 0 amide bonds. The monoisotopic (exact) mass is 392 g/mol. The molecule has 25 heavy (non-hydrogen) atoms. The molecule has 0 fully saturated rings. The summed E-state index contributed by atoms with van der Waals surface area (Å²) in [6.45, 7) is 7.39. The van der Waals surface area contributed by atoms with Crippen molar-refractivity contribution in [2.75, 3.05) is 13.2 Å². The van der Waals surface area contributed by atoms with Crippen LogP contribution in [0.15, 0.2) is 0 Å². The molecule has 0 bridgehead atoms. The van der Waals surface area contributed by atoms with Gasteiger partial charge in [0.2, 0.25) is 0 Å². The molecule has 0 spiro atoms. The summed E-state index contributed by atoms with van der Waals surface area (Å²) in [5.41, 5.74) is 0. The molecule has 0 rings (SSSR count). The van der Waals surface area contributed by atoms with E-state index in [9.17, 15) is 18.0 Å². The Morgan fingerprint density at radius 3 is 1.84 bits per heavy atom. The zero-order chi connectivity index (χ0) is 19.0. The van der Waals surface area contributed by atoms with E-state index in [0.717, 1.165) is 6.61 Å². The van der Waals surface area contributed by atoms with Gasteiger partial charge in [0, 0.05) is 6.61 Å². The van der Waals surface area contributed by atoms with Gasteiger partial charge in [-0.15, -0.1) is 0 Å². The molecule has 8 nitrogen and oxygen atoms in total. The maximum Gasteiger partial charge on any atom is 1.00 e. The third kappa shape index (κ3) is 21.8. The van der Waals surface area contributed by atoms with E-state index in [4.69, 9.17) is 19.5 Å². The molecule has 10 heteroatoms. The number of carboxylic acid groups (broad SMARTS) is 2. The fourth-order valence-electron chi connectivity index (χ4n) is 1.74. The summed E-state index contributed by atoms with van der Waals surface area (Å²) in [6, 6.07) is 0. The summed E-state index contributed by atoms with van der Waals surface area (Å²) < 4.78 is 33.8. The molecule has 0 aromatic rings. The molecule has 1 unspecified atom stereocenters. The van der Waals surface area contributed by atoms with Crippen LogP contribution in [-0.4, -0.2) is 53.6 Å². The molecule has 0 radical (unpaired) electrons. The maximum absolute atomic E-state index is 10.2. The predicted octanol–water partition coefficient (Wildman–Crippen LogP) is -0.606. The number of rotatable bonds is 13. The van der Waals surface area contributed by atoms with Crippen LogP contribution in [0.25, 0.3) is 0 Å². The average molecular weight is 392 g/mol. The van der Waals surface area contributed by atoms with E-state index in [-0.39, 0.29) is 29.6 Å². The van der Waals surface area contributed by atoms with Crippen LogP contribution < -0.4 is 29.6 Å². The number of carboxylic acids is 2. The molecule has 0 aliphatic heterocycles. The molecule has 0 heterocycles. The first-order valence-corrected chi connectivity index (χ1v) is 9.45. The average Bonchev–Trinajstić information content (AvgIpc) is 2.47. The molecule has 0 saturated carbocycles. The molecule has 144 valence electrons. The van der Waals surface area contributed by atoms with Crippen LogP contribution in [0, 0.1) is 6.92 Å². The van der Waals surface area contributed by atoms with E-state index in [2.05, 4.69) is 13.8 Å². The van der Waals surface area contributed by atoms with Gasteiger partial charge in [0.15, 0.2) is 5.25 Å². The maximum atomic E-state index is 10.2. The van der Waals surface area contributed by atoms with Crippen molar-refractivity contribution in [1.82, 2.24) is 0 Å². The second-order valence-corrected chi connectivity index (χ2v) is 6.77. The van der Waals surface area contributed by atoms with Gasteiger partial charge in [-0.25, -0.2) is 0 Å². The van der Waals surface area contributed by atoms with Crippen molar-refractivity contribution in [3.05, 3.63) is 6.92 Å². The topological polar surface area (TPSA) is 138 Å². The number of carbonyl (C=O) groups is 2. The van der Waals surface area contributed by atoms with E-state index >= 15 is 0 Å². The summed E-state index contributed by atoms with van der Waals surface area (Å²) in [6.07, 6.45) is 8.30. The van der Waals surface area contributed by atoms with Crippen LogP contribution in [0.4, 0.5) is 0 Å². The Morgan fingerprint density at radius 2 is 1.52 bits per heavy atom. The summed E-state index contributed by atoms with van der Waals surface area (Å²) in [5, 5.41) is 13.9. The van der Waals surface area contributed by atoms with Crippen molar-refractivity contribution in [1.29, 1.82) is 0 Å². The number of hydrogen-bond acceptors (Lipinski definition) is 5. The number of hydrogen-bond donors (Lipinski definition) is 3. The molecular formula is C15H29NaO8S. The van der Waals surface area contributed by atoms with Gasteiger partial charge < -0.3 is 21.9 Å². The molecule has 0 aromatic heterocycles. The van der Waals surface area contributed by atoms with E-state index in [1.165, 1.54) is 44.9 Å². The van der Waals surface area contributed by atoms with Gasteiger partial charge >= 0.3 is 41.5 Å². The Morgan fingerprint density at radius 1 is 1.04 bits per heavy atom. The van der Waals surface area contributed by atoms with Crippen LogP contribution in [-0.2, 0) is 24.4 Å². The van der Waals surface area contributed by atoms with Crippen LogP contribution in [0.3, 0.4) is 0 Å². The first-order valence-electron chi connectivity index (χ1n) is 7.94. The van der Waals surface area contributed by atoms with E-state index in [1.807, 2.05) is 0 Å². The second-order valence-electron chi connectivity index (χ2n) is 5.17. The van der Waals surface area contributed by atoms with Crippen LogP contribution >= 0.6 is 0 Å². The second kappa shape index (κ2) is 18.6. The van der Waals surface area contributed by atoms with Gasteiger partial charge in [0.1, 0.15) is 0 Å². The van der Waals surface area contributed by atoms with Gasteiger partial charge in [0.25, 0.3) is 10.1 Å². The fraction of sp³-hybridized carbons (Fsp3) is 0.800. The largest absolute Gasteiger partial charge is 1.00 e. The Kier molecular flexibility index (Phi) is 22.0. The molecule has 0 saturated heterocycles. The first kappa shape index (κ1) is 29.6. The van der Waals surface area contributed by atoms with E-state index in [0.29, 0.717) is 6.61 Å². The van der Waals surface area contributed by atoms with Crippen molar-refractivity contribution in [2.45, 2.75) is 63.5 Å². The van der Waals surface area contributed by atoms with E-state index in [1.54, 1.807) is 0 Å². The third-order valence-electron chi connectivity index (χ3n) is 3.03. The van der Waals surface area contributed by atoms with Crippen LogP contribution in [0.1, 0.15) is 58.3 Å². The summed E-state index contributed by atoms with van der Waals surface area (Å²) in [5.74, 6) is -3.50.